The molecule has 0 radical (unpaired) electrons. The lowest BCUT2D eigenvalue weighted by Crippen LogP contribution is -2.53. The van der Waals surface area contributed by atoms with Crippen LogP contribution in [0.5, 0.6) is 0 Å². The molecule has 0 aliphatic carbocycles. The van der Waals surface area contributed by atoms with Crippen LogP contribution in [0.4, 0.5) is 0 Å². The molecular weight excluding hydrogens is 764 g/mol. The number of unbranched alkanes of at least 4 members (excludes halogenated alkanes) is 8. The number of nitrogens with zero attached hydrogens (tertiary/aromatic N) is 3. The second kappa shape index (κ2) is 27.5. The van der Waals surface area contributed by atoms with Gasteiger partial charge in [0.1, 0.15) is 24.2 Å². The van der Waals surface area contributed by atoms with E-state index in [0.717, 1.165) is 66.1 Å². The third kappa shape index (κ3) is 17.1. The second-order valence-corrected chi connectivity index (χ2v) is 15.8. The first-order valence-electron chi connectivity index (χ1n) is 21.8. The van der Waals surface area contributed by atoms with Gasteiger partial charge >= 0.3 is 23.9 Å². The van der Waals surface area contributed by atoms with Crippen molar-refractivity contribution in [2.45, 2.75) is 207 Å². The summed E-state index contributed by atoms with van der Waals surface area (Å²) >= 11 is 0. The number of amides is 4. The molecule has 1 N–H and O–H groups in total. The van der Waals surface area contributed by atoms with Crippen LogP contribution < -0.4 is 5.32 Å². The Morgan fingerprint density at radius 3 is 0.949 bits per heavy atom. The Bertz CT molecular complexity index is 1390. The highest BCUT2D eigenvalue weighted by Crippen LogP contribution is 2.20. The maximum atomic E-state index is 13.9. The number of likely N-dealkylation sites (N-methyl/N-ethyl adjacent to an activating group) is 3. The summed E-state index contributed by atoms with van der Waals surface area (Å²) in [4.78, 5) is 113. The van der Waals surface area contributed by atoms with E-state index in [0.29, 0.717) is 25.7 Å². The molecule has 4 amide bonds. The second-order valence-electron chi connectivity index (χ2n) is 15.8. The highest BCUT2D eigenvalue weighted by atomic mass is 16.6. The van der Waals surface area contributed by atoms with E-state index in [-0.39, 0.29) is 25.7 Å². The largest absolute Gasteiger partial charge is 0.451 e. The predicted octanol–water partition coefficient (Wildman–Crippen LogP) is 5.01. The van der Waals surface area contributed by atoms with Crippen LogP contribution in [0.25, 0.3) is 0 Å². The lowest BCUT2D eigenvalue weighted by atomic mass is 10.1. The molecule has 338 valence electrons. The van der Waals surface area contributed by atoms with Gasteiger partial charge in [-0.15, -0.1) is 0 Å². The average molecular weight is 839 g/mol. The number of hydrogen-bond donors (Lipinski definition) is 1. The fourth-order valence-corrected chi connectivity index (χ4v) is 6.31. The number of nitrogens with one attached hydrogen (secondary N) is 1. The quantitative estimate of drug-likeness (QED) is 0.124. The molecular formula is C43H74N4O12. The molecule has 1 aliphatic rings. The number of cyclic esters (lactones) is 4. The van der Waals surface area contributed by atoms with Gasteiger partial charge < -0.3 is 39.0 Å². The van der Waals surface area contributed by atoms with Crippen LogP contribution in [-0.2, 0) is 57.3 Å². The van der Waals surface area contributed by atoms with Gasteiger partial charge in [-0.2, -0.15) is 0 Å². The molecule has 1 fully saturated rings. The number of hydrogen-bond acceptors (Lipinski definition) is 12. The van der Waals surface area contributed by atoms with Gasteiger partial charge in [-0.05, 0) is 79.1 Å². The van der Waals surface area contributed by atoms with Gasteiger partial charge in [0.2, 0.25) is 0 Å². The zero-order valence-corrected chi connectivity index (χ0v) is 37.7. The van der Waals surface area contributed by atoms with Crippen LogP contribution in [0, 0.1) is 0 Å². The molecule has 0 aromatic heterocycles. The lowest BCUT2D eigenvalue weighted by Gasteiger charge is -2.32. The summed E-state index contributed by atoms with van der Waals surface area (Å²) in [5.41, 5.74) is 0. The monoisotopic (exact) mass is 839 g/mol. The molecule has 0 aromatic rings. The van der Waals surface area contributed by atoms with Crippen molar-refractivity contribution < 1.29 is 57.3 Å². The number of carbonyl (C=O) groups is 8. The Labute approximate surface area is 352 Å². The van der Waals surface area contributed by atoms with Crippen LogP contribution in [0.1, 0.15) is 158 Å². The molecule has 0 saturated carbocycles. The number of carbonyl (C=O) groups excluding carboxylic acids is 8. The van der Waals surface area contributed by atoms with Crippen molar-refractivity contribution in [2.75, 3.05) is 21.1 Å². The summed E-state index contributed by atoms with van der Waals surface area (Å²) in [5.74, 6) is -6.34. The third-order valence-corrected chi connectivity index (χ3v) is 11.0. The molecule has 16 heteroatoms. The molecule has 1 heterocycles. The minimum atomic E-state index is -1.32. The fourth-order valence-electron chi connectivity index (χ4n) is 6.31. The molecule has 16 nitrogen and oxygen atoms in total. The van der Waals surface area contributed by atoms with E-state index in [2.05, 4.69) is 5.32 Å². The van der Waals surface area contributed by atoms with Gasteiger partial charge in [0.25, 0.3) is 23.6 Å². The number of esters is 4. The first kappa shape index (κ1) is 52.8. The normalized spacial score (nSPS) is 26.8. The van der Waals surface area contributed by atoms with Crippen molar-refractivity contribution in [1.29, 1.82) is 0 Å². The van der Waals surface area contributed by atoms with Crippen LogP contribution in [0.2, 0.25) is 0 Å². The van der Waals surface area contributed by atoms with Gasteiger partial charge in [-0.3, -0.25) is 19.2 Å². The highest BCUT2D eigenvalue weighted by molar-refractivity contribution is 5.94. The Balaban J connectivity index is 3.75. The van der Waals surface area contributed by atoms with E-state index >= 15 is 0 Å². The standard InChI is InChI=1S/C43H74N4O12/c1-12-16-20-24-32-36(48)44-28(5)40(52)57-33(25-21-17-13-2)37(49)46(10)30(7)42(54)59-35(27-23-19-15-4)39(51)47(11)31(8)43(55)58-34(26-22-18-14-3)38(50)45(9)29(6)41(53)56-32/h28-35H,12-27H2,1-11H3,(H,44,48)/t28-,29-,30-,31-,32?,33?,34?,35?/m0/s1. The van der Waals surface area contributed by atoms with Crippen molar-refractivity contribution in [3.63, 3.8) is 0 Å². The molecule has 0 bridgehead atoms. The fraction of sp³-hybridized carbons (Fsp3) is 0.814. The summed E-state index contributed by atoms with van der Waals surface area (Å²) < 4.78 is 22.9. The van der Waals surface area contributed by atoms with E-state index in [1.54, 1.807) is 0 Å². The van der Waals surface area contributed by atoms with E-state index in [1.165, 1.54) is 48.8 Å². The van der Waals surface area contributed by atoms with Crippen molar-refractivity contribution in [3.05, 3.63) is 0 Å². The summed E-state index contributed by atoms with van der Waals surface area (Å²) in [6.45, 7) is 13.6. The molecule has 1 rings (SSSR count). The summed E-state index contributed by atoms with van der Waals surface area (Å²) in [7, 11) is 4.11. The average Bonchev–Trinajstić information content (AvgIpc) is 3.21. The minimum absolute atomic E-state index is 0.134. The zero-order valence-electron chi connectivity index (χ0n) is 37.7. The van der Waals surface area contributed by atoms with Crippen LogP contribution >= 0.6 is 0 Å². The van der Waals surface area contributed by atoms with Gasteiger partial charge in [0, 0.05) is 21.1 Å². The number of rotatable bonds is 16. The summed E-state index contributed by atoms with van der Waals surface area (Å²) in [6, 6.07) is -4.89. The van der Waals surface area contributed by atoms with E-state index in [1.807, 2.05) is 27.7 Å². The Hall–Kier alpha value is -4.24. The maximum Gasteiger partial charge on any atom is 0.329 e. The van der Waals surface area contributed by atoms with E-state index in [9.17, 15) is 38.4 Å². The third-order valence-electron chi connectivity index (χ3n) is 11.0. The molecule has 0 spiro atoms. The first-order valence-corrected chi connectivity index (χ1v) is 21.8. The van der Waals surface area contributed by atoms with Gasteiger partial charge in [0.15, 0.2) is 24.4 Å². The molecule has 1 saturated heterocycles. The SMILES string of the molecule is CCCCCC1OC(=O)[C@H](C)N(C)C(=O)C(CCCCC)OC(=O)[C@H](C)N(C)C(=O)C(CCCCC)OC(=O)[C@H](C)N(C)C(=O)C(CCCCC)OC(=O)[C@H](C)NC1=O. The van der Waals surface area contributed by atoms with E-state index in [4.69, 9.17) is 18.9 Å². The smallest absolute Gasteiger partial charge is 0.329 e. The van der Waals surface area contributed by atoms with Gasteiger partial charge in [-0.1, -0.05) is 79.1 Å². The van der Waals surface area contributed by atoms with Gasteiger partial charge in [0.05, 0.1) is 0 Å². The van der Waals surface area contributed by atoms with Gasteiger partial charge in [-0.25, -0.2) is 19.2 Å². The van der Waals surface area contributed by atoms with Crippen LogP contribution in [0.15, 0.2) is 0 Å². The van der Waals surface area contributed by atoms with Crippen LogP contribution in [0.3, 0.4) is 0 Å². The first-order chi connectivity index (χ1) is 27.9. The Kier molecular flexibility index (Phi) is 24.6. The maximum absolute atomic E-state index is 13.9. The molecule has 8 atom stereocenters. The Morgan fingerprint density at radius 2 is 0.661 bits per heavy atom. The van der Waals surface area contributed by atoms with Crippen molar-refractivity contribution >= 4 is 47.5 Å². The number of ether oxygens (including phenoxy) is 4. The van der Waals surface area contributed by atoms with E-state index < -0.39 is 96.1 Å². The highest BCUT2D eigenvalue weighted by Gasteiger charge is 2.39. The summed E-state index contributed by atoms with van der Waals surface area (Å²) in [5, 5.41) is 2.56. The molecule has 4 unspecified atom stereocenters. The molecule has 1 aliphatic heterocycles. The lowest BCUT2D eigenvalue weighted by molar-refractivity contribution is -0.174. The van der Waals surface area contributed by atoms with Crippen molar-refractivity contribution in [2.24, 2.45) is 0 Å². The van der Waals surface area contributed by atoms with Crippen molar-refractivity contribution in [3.8, 4) is 0 Å². The van der Waals surface area contributed by atoms with Crippen molar-refractivity contribution in [1.82, 2.24) is 20.0 Å². The molecule has 59 heavy (non-hydrogen) atoms. The predicted molar refractivity (Wildman–Crippen MR) is 220 cm³/mol. The molecule has 0 aromatic carbocycles. The summed E-state index contributed by atoms with van der Waals surface area (Å²) in [6.07, 6.45) is 3.64. The van der Waals surface area contributed by atoms with Crippen LogP contribution in [-0.4, -0.2) is 132 Å². The topological polar surface area (TPSA) is 195 Å². The zero-order chi connectivity index (χ0) is 44.8. The Morgan fingerprint density at radius 1 is 0.407 bits per heavy atom. The minimum Gasteiger partial charge on any atom is -0.451 e.